The number of aromatic amines is 1. The second-order valence-corrected chi connectivity index (χ2v) is 3.26. The number of aromatic nitrogens is 4. The molecule has 0 amide bonds. The van der Waals surface area contributed by atoms with Crippen molar-refractivity contribution in [2.45, 2.75) is 13.0 Å². The van der Waals surface area contributed by atoms with E-state index in [0.717, 1.165) is 4.57 Å². The zero-order valence-electron chi connectivity index (χ0n) is 8.34. The van der Waals surface area contributed by atoms with Crippen LogP contribution in [0.5, 0.6) is 0 Å². The fourth-order valence-electron chi connectivity index (χ4n) is 1.40. The number of imidazole rings is 1. The van der Waals surface area contributed by atoms with Crippen molar-refractivity contribution in [1.82, 2.24) is 19.5 Å². The van der Waals surface area contributed by atoms with Gasteiger partial charge in [0, 0.05) is 0 Å². The van der Waals surface area contributed by atoms with E-state index < -0.39 is 17.6 Å². The number of anilines is 1. The molecule has 2 rings (SSSR count). The van der Waals surface area contributed by atoms with Crippen LogP contribution in [0.25, 0.3) is 11.2 Å². The van der Waals surface area contributed by atoms with Crippen molar-refractivity contribution < 1.29 is 9.90 Å². The first kappa shape index (κ1) is 10.1. The Balaban J connectivity index is 2.78. The smallest absolute Gasteiger partial charge is 0.326 e. The summed E-state index contributed by atoms with van der Waals surface area (Å²) in [6.45, 7) is 1.35. The number of carboxylic acid groups (broad SMARTS) is 1. The number of rotatable bonds is 2. The van der Waals surface area contributed by atoms with Gasteiger partial charge in [-0.1, -0.05) is 0 Å². The van der Waals surface area contributed by atoms with Gasteiger partial charge in [0.15, 0.2) is 11.2 Å². The minimum absolute atomic E-state index is 0.141. The van der Waals surface area contributed by atoms with Gasteiger partial charge in [0.25, 0.3) is 5.56 Å². The van der Waals surface area contributed by atoms with Crippen molar-refractivity contribution in [3.8, 4) is 0 Å². The average molecular weight is 223 g/mol. The number of nitrogen functional groups attached to an aromatic ring is 1. The summed E-state index contributed by atoms with van der Waals surface area (Å²) >= 11 is 0. The van der Waals surface area contributed by atoms with Crippen LogP contribution in [0, 0.1) is 0 Å². The molecule has 0 aromatic carbocycles. The summed E-state index contributed by atoms with van der Waals surface area (Å²) in [6, 6.07) is -1.08. The molecule has 0 aliphatic carbocycles. The van der Waals surface area contributed by atoms with E-state index in [0.29, 0.717) is 0 Å². The lowest BCUT2D eigenvalue weighted by Crippen LogP contribution is -2.31. The molecule has 0 spiro atoms. The molecule has 0 saturated heterocycles. The van der Waals surface area contributed by atoms with E-state index in [9.17, 15) is 9.59 Å². The Kier molecular flexibility index (Phi) is 2.11. The molecule has 8 nitrogen and oxygen atoms in total. The minimum atomic E-state index is -1.16. The topological polar surface area (TPSA) is 127 Å². The Hall–Kier alpha value is -2.38. The summed E-state index contributed by atoms with van der Waals surface area (Å²) < 4.78 is 0.906. The molecule has 84 valence electrons. The molecule has 0 fully saturated rings. The van der Waals surface area contributed by atoms with Gasteiger partial charge in [0.05, 0.1) is 6.33 Å². The number of nitrogens with zero attached hydrogens (tertiary/aromatic N) is 3. The average Bonchev–Trinajstić information content (AvgIpc) is 2.65. The van der Waals surface area contributed by atoms with E-state index in [1.54, 1.807) is 0 Å². The fraction of sp³-hybridized carbons (Fsp3) is 0.250. The normalized spacial score (nSPS) is 12.8. The van der Waals surface area contributed by atoms with Crippen LogP contribution in [0.2, 0.25) is 0 Å². The van der Waals surface area contributed by atoms with Gasteiger partial charge in [-0.05, 0) is 6.92 Å². The number of carbonyl (C=O) groups is 1. The molecule has 1 atom stereocenters. The Labute approximate surface area is 88.7 Å². The lowest BCUT2D eigenvalue weighted by Gasteiger charge is -2.12. The third-order valence-corrected chi connectivity index (χ3v) is 2.26. The van der Waals surface area contributed by atoms with Crippen LogP contribution >= 0.6 is 0 Å². The van der Waals surface area contributed by atoms with Crippen LogP contribution in [0.3, 0.4) is 0 Å². The second-order valence-electron chi connectivity index (χ2n) is 3.26. The number of nitrogens with two attached hydrogens (primary N) is 1. The van der Waals surface area contributed by atoms with E-state index in [-0.39, 0.29) is 17.1 Å². The first-order chi connectivity index (χ1) is 7.52. The number of hydrogen-bond acceptors (Lipinski definition) is 5. The van der Waals surface area contributed by atoms with Crippen LogP contribution in [0.1, 0.15) is 13.0 Å². The molecule has 8 heteroatoms. The molecule has 0 radical (unpaired) electrons. The van der Waals surface area contributed by atoms with E-state index in [4.69, 9.17) is 10.8 Å². The largest absolute Gasteiger partial charge is 0.480 e. The first-order valence-electron chi connectivity index (χ1n) is 4.46. The predicted molar refractivity (Wildman–Crippen MR) is 54.9 cm³/mol. The van der Waals surface area contributed by atoms with Gasteiger partial charge in [-0.25, -0.2) is 9.78 Å². The summed E-state index contributed by atoms with van der Waals surface area (Å²) in [6.07, 6.45) is 1.30. The van der Waals surface area contributed by atoms with Crippen molar-refractivity contribution in [2.24, 2.45) is 0 Å². The molecule has 1 unspecified atom stereocenters. The zero-order valence-corrected chi connectivity index (χ0v) is 8.34. The molecule has 16 heavy (non-hydrogen) atoms. The van der Waals surface area contributed by atoms with Gasteiger partial charge in [-0.3, -0.25) is 9.36 Å². The van der Waals surface area contributed by atoms with Gasteiger partial charge >= 0.3 is 5.97 Å². The highest BCUT2D eigenvalue weighted by Gasteiger charge is 2.20. The van der Waals surface area contributed by atoms with Crippen LogP contribution in [-0.2, 0) is 4.79 Å². The summed E-state index contributed by atoms with van der Waals surface area (Å²) in [5.74, 6) is -1.33. The molecule has 4 N–H and O–H groups in total. The van der Waals surface area contributed by atoms with Gasteiger partial charge < -0.3 is 15.8 Å². The number of hydrogen-bond donors (Lipinski definition) is 3. The van der Waals surface area contributed by atoms with Crippen molar-refractivity contribution >= 4 is 23.1 Å². The fourth-order valence-corrected chi connectivity index (χ4v) is 1.40. The Morgan fingerprint density at radius 1 is 1.69 bits per heavy atom. The number of H-pyrrole nitrogens is 1. The summed E-state index contributed by atoms with van der Waals surface area (Å²) in [4.78, 5) is 32.9. The third-order valence-electron chi connectivity index (χ3n) is 2.26. The summed E-state index contributed by atoms with van der Waals surface area (Å²) in [5.41, 5.74) is 5.29. The molecule has 0 aliphatic rings. The van der Waals surface area contributed by atoms with Crippen LogP contribution in [-0.4, -0.2) is 30.6 Å². The lowest BCUT2D eigenvalue weighted by molar-refractivity contribution is -0.140. The zero-order chi connectivity index (χ0) is 11.9. The number of aliphatic carboxylic acids is 1. The van der Waals surface area contributed by atoms with Crippen molar-refractivity contribution in [2.75, 3.05) is 5.73 Å². The summed E-state index contributed by atoms with van der Waals surface area (Å²) in [5, 5.41) is 8.84. The SMILES string of the molecule is CC(C(=O)O)n1c(N)nc2nc[nH]c2c1=O. The maximum Gasteiger partial charge on any atom is 0.326 e. The van der Waals surface area contributed by atoms with E-state index in [1.807, 2.05) is 0 Å². The highest BCUT2D eigenvalue weighted by atomic mass is 16.4. The maximum absolute atomic E-state index is 11.9. The highest BCUT2D eigenvalue weighted by Crippen LogP contribution is 2.10. The standard InChI is InChI=1S/C8H9N5O3/c1-3(7(15)16)13-6(14)4-5(11-2-10-4)12-8(13)9/h2-3H,1H3,(H2,9,12)(H,10,11)(H,15,16). The molecular weight excluding hydrogens is 214 g/mol. The van der Waals surface area contributed by atoms with Gasteiger partial charge in [0.1, 0.15) is 6.04 Å². The molecule has 2 aromatic rings. The van der Waals surface area contributed by atoms with Crippen molar-refractivity contribution in [3.63, 3.8) is 0 Å². The monoisotopic (exact) mass is 223 g/mol. The summed E-state index contributed by atoms with van der Waals surface area (Å²) in [7, 11) is 0. The molecule has 0 bridgehead atoms. The first-order valence-corrected chi connectivity index (χ1v) is 4.46. The Morgan fingerprint density at radius 2 is 2.38 bits per heavy atom. The van der Waals surface area contributed by atoms with E-state index in [1.165, 1.54) is 13.3 Å². The van der Waals surface area contributed by atoms with Crippen molar-refractivity contribution in [3.05, 3.63) is 16.7 Å². The number of nitrogens with one attached hydrogen (secondary N) is 1. The molecule has 0 aliphatic heterocycles. The third kappa shape index (κ3) is 1.31. The molecule has 2 heterocycles. The number of carboxylic acids is 1. The van der Waals surface area contributed by atoms with Crippen LogP contribution in [0.4, 0.5) is 5.95 Å². The Bertz CT molecular complexity index is 614. The quantitative estimate of drug-likeness (QED) is 0.620. The Morgan fingerprint density at radius 3 is 3.00 bits per heavy atom. The maximum atomic E-state index is 11.9. The molecule has 2 aromatic heterocycles. The van der Waals surface area contributed by atoms with Crippen molar-refractivity contribution in [1.29, 1.82) is 0 Å². The van der Waals surface area contributed by atoms with Gasteiger partial charge in [0.2, 0.25) is 5.95 Å². The van der Waals surface area contributed by atoms with Gasteiger partial charge in [-0.2, -0.15) is 4.98 Å². The number of fused-ring (bicyclic) bond motifs is 1. The lowest BCUT2D eigenvalue weighted by atomic mass is 10.3. The van der Waals surface area contributed by atoms with Crippen LogP contribution < -0.4 is 11.3 Å². The molecular formula is C8H9N5O3. The predicted octanol–water partition coefficient (Wildman–Crippen LogP) is -0.653. The van der Waals surface area contributed by atoms with E-state index in [2.05, 4.69) is 15.0 Å². The molecule has 0 saturated carbocycles. The highest BCUT2D eigenvalue weighted by molar-refractivity contribution is 5.74. The minimum Gasteiger partial charge on any atom is -0.480 e. The van der Waals surface area contributed by atoms with E-state index >= 15 is 0 Å². The van der Waals surface area contributed by atoms with Crippen LogP contribution in [0.15, 0.2) is 11.1 Å². The van der Waals surface area contributed by atoms with Gasteiger partial charge in [-0.15, -0.1) is 0 Å². The second kappa shape index (κ2) is 3.33.